The van der Waals surface area contributed by atoms with Gasteiger partial charge in [-0.2, -0.15) is 0 Å². The van der Waals surface area contributed by atoms with Crippen LogP contribution in [-0.4, -0.2) is 15.5 Å². The van der Waals surface area contributed by atoms with E-state index in [1.165, 1.54) is 50.7 Å². The topological polar surface area (TPSA) is 46.9 Å². The van der Waals surface area contributed by atoms with Crippen molar-refractivity contribution in [3.63, 3.8) is 0 Å². The van der Waals surface area contributed by atoms with Gasteiger partial charge in [0, 0.05) is 25.9 Å². The molecule has 1 unspecified atom stereocenters. The lowest BCUT2D eigenvalue weighted by molar-refractivity contribution is -0.130. The molecule has 6 rings (SSSR count). The maximum absolute atomic E-state index is 13.9. The number of nitrogens with zero attached hydrogens (tertiary/aromatic N) is 2. The van der Waals surface area contributed by atoms with Crippen molar-refractivity contribution >= 4 is 5.91 Å². The zero-order chi connectivity index (χ0) is 19.3. The SMILES string of the molecule is Cn1ccnc1C(NC(=O)CC12CC3CC(CC(C3)C1)C2)c1cccc(F)c1. The predicted octanol–water partition coefficient (Wildman–Crippen LogP) is 4.37. The molecule has 4 aliphatic rings. The smallest absolute Gasteiger partial charge is 0.221 e. The Morgan fingerprint density at radius 3 is 2.50 bits per heavy atom. The summed E-state index contributed by atoms with van der Waals surface area (Å²) >= 11 is 0. The second-order valence-corrected chi connectivity index (χ2v) is 9.55. The van der Waals surface area contributed by atoms with Crippen LogP contribution in [0.25, 0.3) is 0 Å². The van der Waals surface area contributed by atoms with Gasteiger partial charge in [-0.3, -0.25) is 4.79 Å². The molecule has 4 fully saturated rings. The molecule has 4 saturated carbocycles. The van der Waals surface area contributed by atoms with Crippen LogP contribution in [0.4, 0.5) is 4.39 Å². The Morgan fingerprint density at radius 1 is 1.25 bits per heavy atom. The van der Waals surface area contributed by atoms with Crippen LogP contribution in [0.15, 0.2) is 36.7 Å². The van der Waals surface area contributed by atoms with Gasteiger partial charge in [0.05, 0.1) is 0 Å². The van der Waals surface area contributed by atoms with Crippen molar-refractivity contribution in [3.8, 4) is 0 Å². The summed E-state index contributed by atoms with van der Waals surface area (Å²) in [5.74, 6) is 2.98. The fraction of sp³-hybridized carbons (Fsp3) is 0.565. The molecule has 1 aromatic heterocycles. The van der Waals surface area contributed by atoms with Crippen LogP contribution in [0.1, 0.15) is 62.4 Å². The number of carbonyl (C=O) groups is 1. The van der Waals surface area contributed by atoms with Gasteiger partial charge in [0.2, 0.25) is 5.91 Å². The molecule has 1 atom stereocenters. The number of hydrogen-bond donors (Lipinski definition) is 1. The highest BCUT2D eigenvalue weighted by Gasteiger charge is 2.51. The van der Waals surface area contributed by atoms with Crippen molar-refractivity contribution < 1.29 is 9.18 Å². The lowest BCUT2D eigenvalue weighted by Gasteiger charge is -2.56. The number of hydrogen-bond acceptors (Lipinski definition) is 2. The summed E-state index contributed by atoms with van der Waals surface area (Å²) in [6, 6.07) is 6.02. The minimum atomic E-state index is -0.433. The van der Waals surface area contributed by atoms with Crippen molar-refractivity contribution in [2.24, 2.45) is 30.2 Å². The van der Waals surface area contributed by atoms with Crippen molar-refractivity contribution in [2.45, 2.75) is 51.0 Å². The molecule has 0 radical (unpaired) electrons. The third-order valence-electron chi connectivity index (χ3n) is 7.30. The molecule has 0 aliphatic heterocycles. The van der Waals surface area contributed by atoms with E-state index in [0.717, 1.165) is 29.1 Å². The van der Waals surface area contributed by atoms with Gasteiger partial charge in [0.25, 0.3) is 0 Å². The van der Waals surface area contributed by atoms with Gasteiger partial charge in [-0.05, 0) is 79.4 Å². The number of amides is 1. The molecule has 148 valence electrons. The third-order valence-corrected chi connectivity index (χ3v) is 7.30. The molecule has 4 aliphatic carbocycles. The minimum Gasteiger partial charge on any atom is -0.342 e. The Kier molecular flexibility index (Phi) is 4.29. The molecule has 0 saturated heterocycles. The summed E-state index contributed by atoms with van der Waals surface area (Å²) in [4.78, 5) is 17.6. The predicted molar refractivity (Wildman–Crippen MR) is 105 cm³/mol. The largest absolute Gasteiger partial charge is 0.342 e. The second-order valence-electron chi connectivity index (χ2n) is 9.55. The van der Waals surface area contributed by atoms with E-state index in [2.05, 4.69) is 10.3 Å². The molecule has 2 aromatic rings. The number of aryl methyl sites for hydroxylation is 1. The Bertz CT molecular complexity index is 854. The number of carbonyl (C=O) groups excluding carboxylic acids is 1. The number of benzene rings is 1. The Labute approximate surface area is 165 Å². The highest BCUT2D eigenvalue weighted by Crippen LogP contribution is 2.61. The number of rotatable bonds is 5. The molecule has 5 heteroatoms. The zero-order valence-corrected chi connectivity index (χ0v) is 16.4. The molecular weight excluding hydrogens is 353 g/mol. The lowest BCUT2D eigenvalue weighted by Crippen LogP contribution is -2.48. The van der Waals surface area contributed by atoms with Gasteiger partial charge >= 0.3 is 0 Å². The monoisotopic (exact) mass is 381 g/mol. The zero-order valence-electron chi connectivity index (χ0n) is 16.4. The Morgan fingerprint density at radius 2 is 1.93 bits per heavy atom. The first-order valence-electron chi connectivity index (χ1n) is 10.5. The van der Waals surface area contributed by atoms with E-state index < -0.39 is 6.04 Å². The van der Waals surface area contributed by atoms with Crippen LogP contribution < -0.4 is 5.32 Å². The summed E-state index contributed by atoms with van der Waals surface area (Å²) in [7, 11) is 1.90. The molecule has 1 aromatic carbocycles. The van der Waals surface area contributed by atoms with Gasteiger partial charge in [-0.15, -0.1) is 0 Å². The van der Waals surface area contributed by atoms with Crippen molar-refractivity contribution in [2.75, 3.05) is 0 Å². The number of nitrogens with one attached hydrogen (secondary N) is 1. The molecule has 0 spiro atoms. The number of halogens is 1. The van der Waals surface area contributed by atoms with Crippen LogP contribution >= 0.6 is 0 Å². The average molecular weight is 381 g/mol. The molecule has 1 amide bonds. The van der Waals surface area contributed by atoms with Crippen LogP contribution in [0.2, 0.25) is 0 Å². The van der Waals surface area contributed by atoms with Crippen molar-refractivity contribution in [3.05, 3.63) is 53.9 Å². The van der Waals surface area contributed by atoms with E-state index in [1.54, 1.807) is 12.3 Å². The average Bonchev–Trinajstić information content (AvgIpc) is 3.04. The Hall–Kier alpha value is -2.17. The quantitative estimate of drug-likeness (QED) is 0.836. The number of imidazole rings is 1. The molecule has 1 heterocycles. The summed E-state index contributed by atoms with van der Waals surface area (Å²) in [5.41, 5.74) is 0.917. The molecular formula is C23H28FN3O. The summed E-state index contributed by atoms with van der Waals surface area (Å²) in [6.45, 7) is 0. The van der Waals surface area contributed by atoms with E-state index in [-0.39, 0.29) is 17.1 Å². The first-order valence-corrected chi connectivity index (χ1v) is 10.5. The van der Waals surface area contributed by atoms with E-state index in [4.69, 9.17) is 0 Å². The molecule has 28 heavy (non-hydrogen) atoms. The van der Waals surface area contributed by atoms with Crippen LogP contribution in [0.3, 0.4) is 0 Å². The Balaban J connectivity index is 1.37. The highest BCUT2D eigenvalue weighted by molar-refractivity contribution is 5.77. The fourth-order valence-corrected chi connectivity index (χ4v) is 6.70. The summed E-state index contributed by atoms with van der Waals surface area (Å²) in [6.07, 6.45) is 11.9. The van der Waals surface area contributed by atoms with Gasteiger partial charge < -0.3 is 9.88 Å². The van der Waals surface area contributed by atoms with Crippen molar-refractivity contribution in [1.29, 1.82) is 0 Å². The minimum absolute atomic E-state index is 0.0687. The van der Waals surface area contributed by atoms with E-state index in [1.807, 2.05) is 23.9 Å². The van der Waals surface area contributed by atoms with Crippen molar-refractivity contribution in [1.82, 2.24) is 14.9 Å². The van der Waals surface area contributed by atoms with E-state index in [9.17, 15) is 9.18 Å². The van der Waals surface area contributed by atoms with E-state index in [0.29, 0.717) is 6.42 Å². The van der Waals surface area contributed by atoms with Crippen LogP contribution in [0, 0.1) is 29.0 Å². The van der Waals surface area contributed by atoms with Gasteiger partial charge in [0.1, 0.15) is 17.7 Å². The molecule has 1 N–H and O–H groups in total. The van der Waals surface area contributed by atoms with Crippen LogP contribution in [0.5, 0.6) is 0 Å². The van der Waals surface area contributed by atoms with Gasteiger partial charge in [-0.25, -0.2) is 9.37 Å². The maximum Gasteiger partial charge on any atom is 0.221 e. The second kappa shape index (κ2) is 6.71. The highest BCUT2D eigenvalue weighted by atomic mass is 19.1. The standard InChI is InChI=1S/C23H28FN3O/c1-27-6-5-25-22(27)21(18-3-2-4-19(24)10-18)26-20(28)14-23-11-15-7-16(12-23)9-17(8-15)13-23/h2-6,10,15-17,21H,7-9,11-14H2,1H3,(H,26,28). The summed E-state index contributed by atoms with van der Waals surface area (Å²) < 4.78 is 15.7. The molecule has 4 nitrogen and oxygen atoms in total. The third kappa shape index (κ3) is 3.25. The molecule has 4 bridgehead atoms. The first-order chi connectivity index (χ1) is 13.5. The lowest BCUT2D eigenvalue weighted by atomic mass is 9.49. The van der Waals surface area contributed by atoms with Gasteiger partial charge in [0.15, 0.2) is 0 Å². The van der Waals surface area contributed by atoms with Gasteiger partial charge in [-0.1, -0.05) is 12.1 Å². The maximum atomic E-state index is 13.9. The van der Waals surface area contributed by atoms with Crippen LogP contribution in [-0.2, 0) is 11.8 Å². The normalized spacial score (nSPS) is 31.7. The van der Waals surface area contributed by atoms with E-state index >= 15 is 0 Å². The fourth-order valence-electron chi connectivity index (χ4n) is 6.70. The summed E-state index contributed by atoms with van der Waals surface area (Å²) in [5, 5.41) is 3.19. The number of aromatic nitrogens is 2. The first kappa shape index (κ1) is 17.9.